The molecule has 0 bridgehead atoms. The first-order chi connectivity index (χ1) is 11.2. The normalized spacial score (nSPS) is 11.0. The molecule has 0 fully saturated rings. The molecule has 0 heterocycles. The van der Waals surface area contributed by atoms with Crippen LogP contribution in [0, 0.1) is 27.7 Å². The Labute approximate surface area is 143 Å². The summed E-state index contributed by atoms with van der Waals surface area (Å²) in [4.78, 5) is 0. The second kappa shape index (κ2) is 6.63. The molecule has 0 aliphatic heterocycles. The van der Waals surface area contributed by atoms with Crippen molar-refractivity contribution >= 4 is 0 Å². The van der Waals surface area contributed by atoms with Crippen LogP contribution in [0.3, 0.4) is 0 Å². The Morgan fingerprint density at radius 1 is 0.750 bits per heavy atom. The van der Waals surface area contributed by atoms with Gasteiger partial charge in [-0.2, -0.15) is 0 Å². The fourth-order valence-corrected chi connectivity index (χ4v) is 3.91. The van der Waals surface area contributed by atoms with E-state index in [2.05, 4.69) is 6.92 Å². The molecule has 0 atom stereocenters. The zero-order chi connectivity index (χ0) is 18.2. The summed E-state index contributed by atoms with van der Waals surface area (Å²) in [6.45, 7) is 10.0. The molecular weight excluding hydrogens is 304 g/mol. The second-order valence-electron chi connectivity index (χ2n) is 6.29. The van der Waals surface area contributed by atoms with Gasteiger partial charge >= 0.3 is 0 Å². The lowest BCUT2D eigenvalue weighted by molar-refractivity contribution is 0.368. The molecule has 24 heavy (non-hydrogen) atoms. The number of methoxy groups -OCH3 is 2. The molecule has 0 aromatic heterocycles. The number of hydrogen-bond acceptors (Lipinski definition) is 4. The minimum atomic E-state index is 0.0639. The zero-order valence-corrected chi connectivity index (χ0v) is 15.4. The molecule has 4 nitrogen and oxygen atoms in total. The Bertz CT molecular complexity index is 713. The average Bonchev–Trinajstić information content (AvgIpc) is 2.46. The highest BCUT2D eigenvalue weighted by molar-refractivity contribution is 5.60. The standard InChI is InChI=1S/C20H26O4/c1-10-8-15(21)19(23-6)13(4)17(10)12(3)18-11(2)9-16(22)20(24-7)14(18)5/h8-9,12,21-22H,1-7H3. The number of rotatable bonds is 4. The van der Waals surface area contributed by atoms with Gasteiger partial charge in [0.05, 0.1) is 14.2 Å². The third-order valence-corrected chi connectivity index (χ3v) is 4.78. The molecule has 2 rings (SSSR count). The van der Waals surface area contributed by atoms with Crippen LogP contribution in [0.4, 0.5) is 0 Å². The van der Waals surface area contributed by atoms with E-state index in [1.807, 2.05) is 27.7 Å². The van der Waals surface area contributed by atoms with E-state index >= 15 is 0 Å². The zero-order valence-electron chi connectivity index (χ0n) is 15.4. The summed E-state index contributed by atoms with van der Waals surface area (Å²) in [5.74, 6) is 1.38. The van der Waals surface area contributed by atoms with E-state index in [0.717, 1.165) is 33.4 Å². The van der Waals surface area contributed by atoms with Gasteiger partial charge < -0.3 is 19.7 Å². The molecule has 2 aromatic rings. The summed E-state index contributed by atoms with van der Waals surface area (Å²) in [6, 6.07) is 3.47. The predicted octanol–water partition coefficient (Wildman–Crippen LogP) is 4.50. The van der Waals surface area contributed by atoms with Crippen LogP contribution in [-0.2, 0) is 0 Å². The van der Waals surface area contributed by atoms with Crippen LogP contribution < -0.4 is 9.47 Å². The van der Waals surface area contributed by atoms with Gasteiger partial charge in [-0.3, -0.25) is 0 Å². The van der Waals surface area contributed by atoms with Crippen LogP contribution in [0.25, 0.3) is 0 Å². The molecule has 0 radical (unpaired) electrons. The smallest absolute Gasteiger partial charge is 0.163 e. The second-order valence-corrected chi connectivity index (χ2v) is 6.29. The van der Waals surface area contributed by atoms with Crippen LogP contribution in [0.1, 0.15) is 46.2 Å². The van der Waals surface area contributed by atoms with Gasteiger partial charge in [0, 0.05) is 5.92 Å². The molecule has 2 aromatic carbocycles. The molecule has 4 heteroatoms. The quantitative estimate of drug-likeness (QED) is 0.866. The maximum Gasteiger partial charge on any atom is 0.163 e. The summed E-state index contributed by atoms with van der Waals surface area (Å²) in [5, 5.41) is 20.2. The number of phenols is 2. The van der Waals surface area contributed by atoms with Crippen molar-refractivity contribution in [3.8, 4) is 23.0 Å². The number of phenolic OH excluding ortho intramolecular Hbond substituents is 2. The van der Waals surface area contributed by atoms with Gasteiger partial charge in [-0.05, 0) is 73.2 Å². The van der Waals surface area contributed by atoms with E-state index in [1.54, 1.807) is 26.4 Å². The molecule has 0 aliphatic rings. The molecule has 0 aliphatic carbocycles. The third kappa shape index (κ3) is 2.77. The molecule has 0 saturated heterocycles. The Hall–Kier alpha value is -2.36. The number of hydrogen-bond donors (Lipinski definition) is 2. The van der Waals surface area contributed by atoms with Crippen molar-refractivity contribution in [2.24, 2.45) is 0 Å². The Morgan fingerprint density at radius 2 is 1.08 bits per heavy atom. The lowest BCUT2D eigenvalue weighted by Gasteiger charge is -2.25. The van der Waals surface area contributed by atoms with Crippen LogP contribution in [-0.4, -0.2) is 24.4 Å². The van der Waals surface area contributed by atoms with Crippen molar-refractivity contribution in [2.75, 3.05) is 14.2 Å². The molecule has 0 amide bonds. The van der Waals surface area contributed by atoms with E-state index in [-0.39, 0.29) is 17.4 Å². The number of aryl methyl sites for hydroxylation is 2. The summed E-state index contributed by atoms with van der Waals surface area (Å²) in [6.07, 6.45) is 0. The maximum absolute atomic E-state index is 10.1. The van der Waals surface area contributed by atoms with Crippen molar-refractivity contribution in [2.45, 2.75) is 40.5 Å². The van der Waals surface area contributed by atoms with Gasteiger partial charge in [-0.1, -0.05) is 6.92 Å². The van der Waals surface area contributed by atoms with Gasteiger partial charge in [0.15, 0.2) is 23.0 Å². The first-order valence-corrected chi connectivity index (χ1v) is 7.98. The van der Waals surface area contributed by atoms with Gasteiger partial charge in [0.25, 0.3) is 0 Å². The lowest BCUT2D eigenvalue weighted by atomic mass is 9.82. The SMILES string of the molecule is COc1c(O)cc(C)c(C(C)c2c(C)cc(O)c(OC)c2C)c1C. The van der Waals surface area contributed by atoms with Crippen LogP contribution in [0.2, 0.25) is 0 Å². The number of ether oxygens (including phenoxy) is 2. The molecule has 0 spiro atoms. The number of aromatic hydroxyl groups is 2. The van der Waals surface area contributed by atoms with Crippen LogP contribution in [0.5, 0.6) is 23.0 Å². The van der Waals surface area contributed by atoms with E-state index in [4.69, 9.17) is 9.47 Å². The van der Waals surface area contributed by atoms with Gasteiger partial charge in [-0.15, -0.1) is 0 Å². The largest absolute Gasteiger partial charge is 0.504 e. The Kier molecular flexibility index (Phi) is 4.97. The van der Waals surface area contributed by atoms with E-state index in [0.29, 0.717) is 11.5 Å². The third-order valence-electron chi connectivity index (χ3n) is 4.78. The van der Waals surface area contributed by atoms with Gasteiger partial charge in [0.2, 0.25) is 0 Å². The molecule has 0 unspecified atom stereocenters. The van der Waals surface area contributed by atoms with Crippen LogP contribution in [0.15, 0.2) is 12.1 Å². The summed E-state index contributed by atoms with van der Waals surface area (Å²) < 4.78 is 10.7. The van der Waals surface area contributed by atoms with Crippen molar-refractivity contribution in [3.05, 3.63) is 45.5 Å². The minimum absolute atomic E-state index is 0.0639. The van der Waals surface area contributed by atoms with Gasteiger partial charge in [0.1, 0.15) is 0 Å². The summed E-state index contributed by atoms with van der Waals surface area (Å²) in [7, 11) is 3.12. The summed E-state index contributed by atoms with van der Waals surface area (Å²) in [5.41, 5.74) is 6.09. The van der Waals surface area contributed by atoms with E-state index in [1.165, 1.54) is 0 Å². The molecular formula is C20H26O4. The lowest BCUT2D eigenvalue weighted by Crippen LogP contribution is -2.08. The topological polar surface area (TPSA) is 58.9 Å². The van der Waals surface area contributed by atoms with Gasteiger partial charge in [-0.25, -0.2) is 0 Å². The average molecular weight is 330 g/mol. The predicted molar refractivity (Wildman–Crippen MR) is 95.8 cm³/mol. The van der Waals surface area contributed by atoms with Crippen molar-refractivity contribution in [1.82, 2.24) is 0 Å². The maximum atomic E-state index is 10.1. The number of benzene rings is 2. The van der Waals surface area contributed by atoms with Crippen molar-refractivity contribution in [1.29, 1.82) is 0 Å². The Balaban J connectivity index is 2.73. The van der Waals surface area contributed by atoms with Crippen molar-refractivity contribution in [3.63, 3.8) is 0 Å². The highest BCUT2D eigenvalue weighted by Gasteiger charge is 2.24. The fraction of sp³-hybridized carbons (Fsp3) is 0.400. The van der Waals surface area contributed by atoms with Crippen molar-refractivity contribution < 1.29 is 19.7 Å². The first-order valence-electron chi connectivity index (χ1n) is 7.98. The Morgan fingerprint density at radius 3 is 1.38 bits per heavy atom. The molecule has 0 saturated carbocycles. The van der Waals surface area contributed by atoms with E-state index in [9.17, 15) is 10.2 Å². The highest BCUT2D eigenvalue weighted by atomic mass is 16.5. The fourth-order valence-electron chi connectivity index (χ4n) is 3.91. The molecule has 2 N–H and O–H groups in total. The molecule has 130 valence electrons. The highest BCUT2D eigenvalue weighted by Crippen LogP contribution is 2.44. The summed E-state index contributed by atoms with van der Waals surface area (Å²) >= 11 is 0. The van der Waals surface area contributed by atoms with E-state index < -0.39 is 0 Å². The monoisotopic (exact) mass is 330 g/mol. The van der Waals surface area contributed by atoms with Crippen LogP contribution >= 0.6 is 0 Å². The first kappa shape index (κ1) is 18.0. The minimum Gasteiger partial charge on any atom is -0.504 e.